The van der Waals surface area contributed by atoms with Crippen LogP contribution in [0.5, 0.6) is 5.75 Å². The zero-order chi connectivity index (χ0) is 21.6. The lowest BCUT2D eigenvalue weighted by Gasteiger charge is -2.16. The standard InChI is InChI=1S/C25H21N3O3/c26-16-18-5-1-6-19(13-18)17-31-23-10-3-8-21(15-23)27-25(30)20-7-2-9-22(14-20)28-12-4-11-24(28)29/h1-3,5-10,13-15H,4,11-12,17H2,(H,27,30). The minimum atomic E-state index is -0.257. The number of anilines is 2. The van der Waals surface area contributed by atoms with Crippen LogP contribution in [-0.4, -0.2) is 18.4 Å². The van der Waals surface area contributed by atoms with Gasteiger partial charge in [-0.05, 0) is 54.4 Å². The Hall–Kier alpha value is -4.11. The Balaban J connectivity index is 1.42. The number of benzene rings is 3. The molecule has 2 amide bonds. The molecule has 6 heteroatoms. The van der Waals surface area contributed by atoms with Crippen LogP contribution in [0.3, 0.4) is 0 Å². The minimum Gasteiger partial charge on any atom is -0.489 e. The maximum Gasteiger partial charge on any atom is 0.255 e. The lowest BCUT2D eigenvalue weighted by atomic mass is 10.1. The number of amides is 2. The minimum absolute atomic E-state index is 0.0858. The summed E-state index contributed by atoms with van der Waals surface area (Å²) in [5.74, 6) is 0.437. The molecule has 6 nitrogen and oxygen atoms in total. The van der Waals surface area contributed by atoms with Crippen molar-refractivity contribution in [3.63, 3.8) is 0 Å². The van der Waals surface area contributed by atoms with E-state index in [1.165, 1.54) is 0 Å². The van der Waals surface area contributed by atoms with Gasteiger partial charge in [0, 0.05) is 36.0 Å². The number of hydrogen-bond acceptors (Lipinski definition) is 4. The predicted octanol–water partition coefficient (Wildman–Crippen LogP) is 4.52. The van der Waals surface area contributed by atoms with E-state index in [1.807, 2.05) is 24.3 Å². The van der Waals surface area contributed by atoms with Gasteiger partial charge in [0.15, 0.2) is 0 Å². The summed E-state index contributed by atoms with van der Waals surface area (Å²) in [5, 5.41) is 11.9. The van der Waals surface area contributed by atoms with Gasteiger partial charge in [-0.1, -0.05) is 24.3 Å². The summed E-state index contributed by atoms with van der Waals surface area (Å²) < 4.78 is 5.81. The molecule has 1 fully saturated rings. The van der Waals surface area contributed by atoms with Gasteiger partial charge < -0.3 is 15.0 Å². The molecular weight excluding hydrogens is 390 g/mol. The largest absolute Gasteiger partial charge is 0.489 e. The van der Waals surface area contributed by atoms with E-state index >= 15 is 0 Å². The molecule has 3 aromatic rings. The molecule has 1 N–H and O–H groups in total. The van der Waals surface area contributed by atoms with Crippen LogP contribution < -0.4 is 15.0 Å². The quantitative estimate of drug-likeness (QED) is 0.647. The van der Waals surface area contributed by atoms with Crippen molar-refractivity contribution in [2.45, 2.75) is 19.4 Å². The summed E-state index contributed by atoms with van der Waals surface area (Å²) in [6.07, 6.45) is 1.38. The molecule has 0 aromatic heterocycles. The highest BCUT2D eigenvalue weighted by molar-refractivity contribution is 6.05. The molecule has 1 saturated heterocycles. The van der Waals surface area contributed by atoms with Crippen molar-refractivity contribution in [3.8, 4) is 11.8 Å². The third-order valence-corrected chi connectivity index (χ3v) is 5.05. The third kappa shape index (κ3) is 4.90. The normalized spacial score (nSPS) is 13.0. The first kappa shape index (κ1) is 20.2. The molecule has 1 aliphatic rings. The van der Waals surface area contributed by atoms with E-state index in [0.717, 1.165) is 17.7 Å². The summed E-state index contributed by atoms with van der Waals surface area (Å²) in [5.41, 5.74) is 3.31. The van der Waals surface area contributed by atoms with Crippen molar-refractivity contribution in [2.75, 3.05) is 16.8 Å². The Morgan fingerprint density at radius 2 is 1.90 bits per heavy atom. The molecule has 4 rings (SSSR count). The number of rotatable bonds is 6. The van der Waals surface area contributed by atoms with Gasteiger partial charge in [-0.2, -0.15) is 5.26 Å². The summed E-state index contributed by atoms with van der Waals surface area (Å²) in [4.78, 5) is 26.4. The van der Waals surface area contributed by atoms with Crippen molar-refractivity contribution in [1.82, 2.24) is 0 Å². The first-order valence-corrected chi connectivity index (χ1v) is 10.1. The van der Waals surface area contributed by atoms with E-state index in [2.05, 4.69) is 11.4 Å². The molecule has 0 atom stereocenters. The van der Waals surface area contributed by atoms with E-state index < -0.39 is 0 Å². The van der Waals surface area contributed by atoms with Crippen molar-refractivity contribution in [3.05, 3.63) is 89.5 Å². The number of carbonyl (C=O) groups is 2. The molecule has 1 aliphatic heterocycles. The number of hydrogen-bond donors (Lipinski definition) is 1. The van der Waals surface area contributed by atoms with Crippen LogP contribution in [0.15, 0.2) is 72.8 Å². The number of carbonyl (C=O) groups excluding carboxylic acids is 2. The Morgan fingerprint density at radius 3 is 2.71 bits per heavy atom. The van der Waals surface area contributed by atoms with Crippen LogP contribution in [-0.2, 0) is 11.4 Å². The average Bonchev–Trinajstić information content (AvgIpc) is 3.24. The highest BCUT2D eigenvalue weighted by Gasteiger charge is 2.22. The van der Waals surface area contributed by atoms with Gasteiger partial charge in [0.25, 0.3) is 5.91 Å². The second kappa shape index (κ2) is 9.14. The molecule has 0 spiro atoms. The van der Waals surface area contributed by atoms with Crippen molar-refractivity contribution < 1.29 is 14.3 Å². The molecule has 0 bridgehead atoms. The lowest BCUT2D eigenvalue weighted by Crippen LogP contribution is -2.24. The van der Waals surface area contributed by atoms with E-state index in [-0.39, 0.29) is 11.8 Å². The van der Waals surface area contributed by atoms with Crippen LogP contribution in [0, 0.1) is 11.3 Å². The average molecular weight is 411 g/mol. The summed E-state index contributed by atoms with van der Waals surface area (Å²) in [6.45, 7) is 0.999. The van der Waals surface area contributed by atoms with Crippen LogP contribution in [0.1, 0.15) is 34.3 Å². The van der Waals surface area contributed by atoms with E-state index in [0.29, 0.717) is 42.1 Å². The van der Waals surface area contributed by atoms with Gasteiger partial charge in [-0.3, -0.25) is 9.59 Å². The van der Waals surface area contributed by atoms with Gasteiger partial charge in [-0.25, -0.2) is 0 Å². The summed E-state index contributed by atoms with van der Waals surface area (Å²) in [6, 6.07) is 23.6. The Labute approximate surface area is 180 Å². The first-order chi connectivity index (χ1) is 15.1. The summed E-state index contributed by atoms with van der Waals surface area (Å²) >= 11 is 0. The van der Waals surface area contributed by atoms with Crippen LogP contribution in [0.25, 0.3) is 0 Å². The fourth-order valence-corrected chi connectivity index (χ4v) is 3.50. The highest BCUT2D eigenvalue weighted by Crippen LogP contribution is 2.24. The van der Waals surface area contributed by atoms with Gasteiger partial charge in [0.2, 0.25) is 5.91 Å². The van der Waals surface area contributed by atoms with Crippen LogP contribution >= 0.6 is 0 Å². The zero-order valence-electron chi connectivity index (χ0n) is 16.9. The first-order valence-electron chi connectivity index (χ1n) is 10.1. The third-order valence-electron chi connectivity index (χ3n) is 5.05. The second-order valence-corrected chi connectivity index (χ2v) is 7.28. The van der Waals surface area contributed by atoms with Crippen molar-refractivity contribution in [2.24, 2.45) is 0 Å². The molecule has 1 heterocycles. The van der Waals surface area contributed by atoms with Gasteiger partial charge in [-0.15, -0.1) is 0 Å². The molecular formula is C25H21N3O3. The van der Waals surface area contributed by atoms with Gasteiger partial charge in [0.05, 0.1) is 11.6 Å². The predicted molar refractivity (Wildman–Crippen MR) is 118 cm³/mol. The lowest BCUT2D eigenvalue weighted by molar-refractivity contribution is -0.117. The second-order valence-electron chi connectivity index (χ2n) is 7.28. The maximum atomic E-state index is 12.7. The molecule has 31 heavy (non-hydrogen) atoms. The van der Waals surface area contributed by atoms with Gasteiger partial charge >= 0.3 is 0 Å². The Morgan fingerprint density at radius 1 is 1.06 bits per heavy atom. The smallest absolute Gasteiger partial charge is 0.255 e. The van der Waals surface area contributed by atoms with Gasteiger partial charge in [0.1, 0.15) is 12.4 Å². The topological polar surface area (TPSA) is 82.4 Å². The van der Waals surface area contributed by atoms with Crippen LogP contribution in [0.2, 0.25) is 0 Å². The Bertz CT molecular complexity index is 1170. The number of nitrogens with one attached hydrogen (secondary N) is 1. The fraction of sp³-hybridized carbons (Fsp3) is 0.160. The van der Waals surface area contributed by atoms with Crippen LogP contribution in [0.4, 0.5) is 11.4 Å². The SMILES string of the molecule is N#Cc1cccc(COc2cccc(NC(=O)c3cccc(N4CCCC4=O)c3)c2)c1. The summed E-state index contributed by atoms with van der Waals surface area (Å²) in [7, 11) is 0. The molecule has 0 saturated carbocycles. The van der Waals surface area contributed by atoms with Crippen molar-refractivity contribution >= 4 is 23.2 Å². The Kier molecular flexibility index (Phi) is 5.95. The molecule has 0 radical (unpaired) electrons. The molecule has 154 valence electrons. The van der Waals surface area contributed by atoms with E-state index in [1.54, 1.807) is 53.4 Å². The van der Waals surface area contributed by atoms with Crippen molar-refractivity contribution in [1.29, 1.82) is 5.26 Å². The number of ether oxygens (including phenoxy) is 1. The number of nitriles is 1. The molecule has 0 unspecified atom stereocenters. The molecule has 0 aliphatic carbocycles. The maximum absolute atomic E-state index is 12.7. The monoisotopic (exact) mass is 411 g/mol. The highest BCUT2D eigenvalue weighted by atomic mass is 16.5. The zero-order valence-corrected chi connectivity index (χ0v) is 16.9. The number of nitrogens with zero attached hydrogens (tertiary/aromatic N) is 2. The fourth-order valence-electron chi connectivity index (χ4n) is 3.50. The molecule has 3 aromatic carbocycles. The van der Waals surface area contributed by atoms with E-state index in [4.69, 9.17) is 10.00 Å². The van der Waals surface area contributed by atoms with E-state index in [9.17, 15) is 9.59 Å².